The highest BCUT2D eigenvalue weighted by Gasteiger charge is 2.09. The molecule has 0 saturated heterocycles. The predicted molar refractivity (Wildman–Crippen MR) is 80.0 cm³/mol. The van der Waals surface area contributed by atoms with Gasteiger partial charge >= 0.3 is 7.12 Å². The van der Waals surface area contributed by atoms with Gasteiger partial charge in [-0.3, -0.25) is 0 Å². The van der Waals surface area contributed by atoms with Crippen LogP contribution < -0.4 is 5.46 Å². The summed E-state index contributed by atoms with van der Waals surface area (Å²) >= 11 is 5.19. The van der Waals surface area contributed by atoms with Crippen LogP contribution in [0.3, 0.4) is 0 Å². The molecule has 92 valence electrons. The first kappa shape index (κ1) is 13.7. The zero-order valence-electron chi connectivity index (χ0n) is 9.58. The maximum atomic E-state index is 9.00. The van der Waals surface area contributed by atoms with Crippen molar-refractivity contribution < 1.29 is 10.0 Å². The molecular weight excluding hydrogens is 311 g/mol. The summed E-state index contributed by atoms with van der Waals surface area (Å²) in [7, 11) is -1.39. The summed E-state index contributed by atoms with van der Waals surface area (Å²) in [4.78, 5) is 1.20. The molecule has 2 rings (SSSR count). The Bertz CT molecular complexity index is 517. The Morgan fingerprint density at radius 1 is 1.06 bits per heavy atom. The van der Waals surface area contributed by atoms with Gasteiger partial charge in [-0.1, -0.05) is 46.3 Å². The van der Waals surface area contributed by atoms with Crippen LogP contribution in [0.1, 0.15) is 5.56 Å². The lowest BCUT2D eigenvalue weighted by molar-refractivity contribution is 0.426. The first-order valence-corrected chi connectivity index (χ1v) is 7.26. The van der Waals surface area contributed by atoms with Gasteiger partial charge in [-0.25, -0.2) is 0 Å². The number of benzene rings is 2. The Labute approximate surface area is 119 Å². The summed E-state index contributed by atoms with van der Waals surface area (Å²) in [6.07, 6.45) is 0. The van der Waals surface area contributed by atoms with Gasteiger partial charge in [0.1, 0.15) is 0 Å². The van der Waals surface area contributed by atoms with Crippen molar-refractivity contribution in [1.29, 1.82) is 0 Å². The van der Waals surface area contributed by atoms with Crippen molar-refractivity contribution in [3.8, 4) is 0 Å². The van der Waals surface area contributed by atoms with E-state index in [9.17, 15) is 0 Å². The third-order valence-electron chi connectivity index (χ3n) is 2.48. The number of rotatable bonds is 4. The molecule has 0 saturated carbocycles. The van der Waals surface area contributed by atoms with Gasteiger partial charge < -0.3 is 10.0 Å². The van der Waals surface area contributed by atoms with E-state index in [1.54, 1.807) is 23.9 Å². The number of halogens is 1. The van der Waals surface area contributed by atoms with E-state index in [2.05, 4.69) is 28.1 Å². The molecule has 2 aromatic carbocycles. The summed E-state index contributed by atoms with van der Waals surface area (Å²) in [5, 5.41) is 18.0. The quantitative estimate of drug-likeness (QED) is 0.671. The minimum absolute atomic E-state index is 0.520. The third kappa shape index (κ3) is 3.88. The van der Waals surface area contributed by atoms with E-state index in [0.717, 1.165) is 15.8 Å². The largest absolute Gasteiger partial charge is 0.488 e. The molecule has 0 radical (unpaired) electrons. The van der Waals surface area contributed by atoms with Crippen LogP contribution in [0.15, 0.2) is 57.9 Å². The number of hydrogen-bond acceptors (Lipinski definition) is 3. The molecular formula is C13H12BBrO2S. The van der Waals surface area contributed by atoms with E-state index in [1.807, 2.05) is 24.3 Å². The maximum Gasteiger partial charge on any atom is 0.488 e. The average molecular weight is 323 g/mol. The molecule has 0 aliphatic heterocycles. The van der Waals surface area contributed by atoms with Crippen molar-refractivity contribution in [3.63, 3.8) is 0 Å². The fourth-order valence-corrected chi connectivity index (χ4v) is 2.97. The van der Waals surface area contributed by atoms with E-state index in [4.69, 9.17) is 10.0 Å². The molecule has 0 spiro atoms. The minimum Gasteiger partial charge on any atom is -0.423 e. The lowest BCUT2D eigenvalue weighted by Crippen LogP contribution is -2.29. The van der Waals surface area contributed by atoms with Crippen LogP contribution in [-0.4, -0.2) is 17.2 Å². The first-order valence-electron chi connectivity index (χ1n) is 5.48. The molecule has 2 nitrogen and oxygen atoms in total. The van der Waals surface area contributed by atoms with E-state index in [-0.39, 0.29) is 0 Å². The molecule has 0 bridgehead atoms. The molecule has 18 heavy (non-hydrogen) atoms. The molecule has 0 amide bonds. The molecule has 5 heteroatoms. The smallest absolute Gasteiger partial charge is 0.423 e. The number of hydrogen-bond donors (Lipinski definition) is 2. The van der Waals surface area contributed by atoms with Crippen LogP contribution in [-0.2, 0) is 5.75 Å². The van der Waals surface area contributed by atoms with Crippen LogP contribution in [0.5, 0.6) is 0 Å². The first-order chi connectivity index (χ1) is 8.65. The Hall–Kier alpha value is -0.745. The lowest BCUT2D eigenvalue weighted by atomic mass is 9.80. The third-order valence-corrected chi connectivity index (χ3v) is 4.04. The summed E-state index contributed by atoms with van der Waals surface area (Å²) in [6.45, 7) is 0. The molecule has 2 N–H and O–H groups in total. The van der Waals surface area contributed by atoms with E-state index in [1.165, 1.54) is 4.90 Å². The molecule has 0 unspecified atom stereocenters. The monoisotopic (exact) mass is 322 g/mol. The summed E-state index contributed by atoms with van der Waals surface area (Å²) in [5.74, 6) is 0.859. The normalized spacial score (nSPS) is 10.4. The van der Waals surface area contributed by atoms with Gasteiger partial charge in [0.15, 0.2) is 0 Å². The van der Waals surface area contributed by atoms with E-state index >= 15 is 0 Å². The van der Waals surface area contributed by atoms with Crippen molar-refractivity contribution in [2.45, 2.75) is 10.6 Å². The molecule has 2 aromatic rings. The van der Waals surface area contributed by atoms with Crippen LogP contribution >= 0.6 is 27.7 Å². The Kier molecular flexibility index (Phi) is 4.89. The predicted octanol–water partition coefficient (Wildman–Crippen LogP) is 2.42. The highest BCUT2D eigenvalue weighted by atomic mass is 79.9. The zero-order chi connectivity index (χ0) is 13.0. The van der Waals surface area contributed by atoms with Crippen molar-refractivity contribution in [2.75, 3.05) is 0 Å². The summed E-state index contributed by atoms with van der Waals surface area (Å²) < 4.78 is 1.08. The summed E-state index contributed by atoms with van der Waals surface area (Å²) in [5.41, 5.74) is 1.68. The van der Waals surface area contributed by atoms with Crippen LogP contribution in [0.4, 0.5) is 0 Å². The van der Waals surface area contributed by atoms with Crippen molar-refractivity contribution >= 4 is 40.3 Å². The molecule has 0 atom stereocenters. The van der Waals surface area contributed by atoms with Gasteiger partial charge in [-0.2, -0.15) is 0 Å². The minimum atomic E-state index is -1.39. The maximum absolute atomic E-state index is 9.00. The van der Waals surface area contributed by atoms with Crippen LogP contribution in [0.25, 0.3) is 0 Å². The molecule has 0 aliphatic carbocycles. The van der Waals surface area contributed by atoms with Gasteiger partial charge in [-0.05, 0) is 29.2 Å². The second-order valence-electron chi connectivity index (χ2n) is 3.86. The van der Waals surface area contributed by atoms with Crippen molar-refractivity contribution in [1.82, 2.24) is 0 Å². The zero-order valence-corrected chi connectivity index (χ0v) is 12.0. The van der Waals surface area contributed by atoms with Gasteiger partial charge in [0, 0.05) is 15.1 Å². The highest BCUT2D eigenvalue weighted by Crippen LogP contribution is 2.25. The second-order valence-corrected chi connectivity index (χ2v) is 5.83. The van der Waals surface area contributed by atoms with Gasteiger partial charge in [-0.15, -0.1) is 11.8 Å². The fraction of sp³-hybridized carbons (Fsp3) is 0.0769. The number of thioether (sulfide) groups is 1. The van der Waals surface area contributed by atoms with E-state index in [0.29, 0.717) is 5.46 Å². The Balaban J connectivity index is 1.98. The molecule has 0 fully saturated rings. The standard InChI is InChI=1S/C13H12BBrO2S/c15-12-2-1-3-13(8-12)18-9-10-4-6-11(7-5-10)14(16)17/h1-8,16-17H,9H2. The SMILES string of the molecule is OB(O)c1ccc(CSc2cccc(Br)c2)cc1. The van der Waals surface area contributed by atoms with Crippen LogP contribution in [0, 0.1) is 0 Å². The van der Waals surface area contributed by atoms with Gasteiger partial charge in [0.05, 0.1) is 0 Å². The molecule has 0 aromatic heterocycles. The Morgan fingerprint density at radius 3 is 2.39 bits per heavy atom. The Morgan fingerprint density at radius 2 is 1.78 bits per heavy atom. The topological polar surface area (TPSA) is 40.5 Å². The van der Waals surface area contributed by atoms with Crippen molar-refractivity contribution in [2.24, 2.45) is 0 Å². The highest BCUT2D eigenvalue weighted by molar-refractivity contribution is 9.10. The molecule has 0 aliphatic rings. The van der Waals surface area contributed by atoms with Crippen LogP contribution in [0.2, 0.25) is 0 Å². The van der Waals surface area contributed by atoms with Crippen molar-refractivity contribution in [3.05, 3.63) is 58.6 Å². The van der Waals surface area contributed by atoms with Gasteiger partial charge in [0.25, 0.3) is 0 Å². The average Bonchev–Trinajstić information content (AvgIpc) is 2.37. The van der Waals surface area contributed by atoms with Gasteiger partial charge in [0.2, 0.25) is 0 Å². The second kappa shape index (κ2) is 6.43. The lowest BCUT2D eigenvalue weighted by Gasteiger charge is -2.04. The summed E-state index contributed by atoms with van der Waals surface area (Å²) in [6, 6.07) is 15.5. The fourth-order valence-electron chi connectivity index (χ4n) is 1.51. The van der Waals surface area contributed by atoms with E-state index < -0.39 is 7.12 Å². The molecule has 0 heterocycles.